The summed E-state index contributed by atoms with van der Waals surface area (Å²) in [6.45, 7) is 12.4. The topological polar surface area (TPSA) is 0 Å². The van der Waals surface area contributed by atoms with Gasteiger partial charge in [0.25, 0.3) is 0 Å². The molecule has 0 heteroatoms. The van der Waals surface area contributed by atoms with Crippen LogP contribution in [0.2, 0.25) is 0 Å². The van der Waals surface area contributed by atoms with E-state index in [0.29, 0.717) is 0 Å². The van der Waals surface area contributed by atoms with Crippen molar-refractivity contribution >= 4 is 0 Å². The van der Waals surface area contributed by atoms with Gasteiger partial charge in [-0.05, 0) is 54.3 Å². The van der Waals surface area contributed by atoms with E-state index in [-0.39, 0.29) is 0 Å². The summed E-state index contributed by atoms with van der Waals surface area (Å²) >= 11 is 0. The minimum Gasteiger partial charge on any atom is -0.0628 e. The van der Waals surface area contributed by atoms with Crippen LogP contribution in [0.3, 0.4) is 0 Å². The number of hydrogen-bond acceptors (Lipinski definition) is 0. The van der Waals surface area contributed by atoms with Crippen molar-refractivity contribution in [3.63, 3.8) is 0 Å². The molecule has 2 saturated carbocycles. The summed E-state index contributed by atoms with van der Waals surface area (Å²) < 4.78 is 0. The fraction of sp³-hybridized carbons (Fsp3) is 1.00. The van der Waals surface area contributed by atoms with Crippen molar-refractivity contribution in [3.05, 3.63) is 0 Å². The predicted octanol–water partition coefficient (Wildman–Crippen LogP) is 12.0. The minimum atomic E-state index is 0.880. The third-order valence-electron chi connectivity index (χ3n) is 10.0. The Hall–Kier alpha value is 0. The van der Waals surface area contributed by atoms with E-state index < -0.39 is 0 Å². The molecular formula is C34H66. The second kappa shape index (κ2) is 18.3. The Balaban J connectivity index is 1.61. The van der Waals surface area contributed by atoms with Crippen molar-refractivity contribution in [3.8, 4) is 0 Å². The highest BCUT2D eigenvalue weighted by Crippen LogP contribution is 2.39. The molecule has 3 unspecified atom stereocenters. The van der Waals surface area contributed by atoms with Crippen LogP contribution in [0, 0.1) is 41.4 Å². The highest BCUT2D eigenvalue weighted by molar-refractivity contribution is 4.78. The molecule has 0 spiro atoms. The third kappa shape index (κ3) is 13.9. The number of unbranched alkanes of at least 4 members (excludes halogenated alkanes) is 1. The lowest BCUT2D eigenvalue weighted by Crippen LogP contribution is -2.22. The van der Waals surface area contributed by atoms with E-state index in [0.717, 1.165) is 41.4 Å². The smallest absolute Gasteiger partial charge is 0.0383 e. The Morgan fingerprint density at radius 2 is 0.882 bits per heavy atom. The van der Waals surface area contributed by atoms with Crippen molar-refractivity contribution in [2.75, 3.05) is 0 Å². The summed E-state index contributed by atoms with van der Waals surface area (Å²) in [5.41, 5.74) is 0. The molecule has 2 aliphatic rings. The summed E-state index contributed by atoms with van der Waals surface area (Å²) in [6.07, 6.45) is 33.1. The van der Waals surface area contributed by atoms with Gasteiger partial charge in [-0.25, -0.2) is 0 Å². The monoisotopic (exact) mass is 475 g/mol. The Kier molecular flexibility index (Phi) is 16.2. The first-order chi connectivity index (χ1) is 16.4. The zero-order chi connectivity index (χ0) is 24.6. The molecule has 0 bridgehead atoms. The summed E-state index contributed by atoms with van der Waals surface area (Å²) in [5, 5.41) is 0. The van der Waals surface area contributed by atoms with Crippen molar-refractivity contribution in [1.82, 2.24) is 0 Å². The van der Waals surface area contributed by atoms with E-state index in [1.165, 1.54) is 103 Å². The molecule has 202 valence electrons. The maximum atomic E-state index is 2.64. The lowest BCUT2D eigenvalue weighted by atomic mass is 9.72. The van der Waals surface area contributed by atoms with Crippen molar-refractivity contribution < 1.29 is 0 Å². The van der Waals surface area contributed by atoms with Crippen LogP contribution in [-0.2, 0) is 0 Å². The second-order valence-electron chi connectivity index (χ2n) is 14.0. The van der Waals surface area contributed by atoms with E-state index in [1.807, 2.05) is 0 Å². The van der Waals surface area contributed by atoms with E-state index in [4.69, 9.17) is 0 Å². The molecule has 0 nitrogen and oxygen atoms in total. The molecule has 34 heavy (non-hydrogen) atoms. The van der Waals surface area contributed by atoms with E-state index in [9.17, 15) is 0 Å². The lowest BCUT2D eigenvalue weighted by molar-refractivity contribution is 0.176. The third-order valence-corrected chi connectivity index (χ3v) is 10.0. The molecule has 0 radical (unpaired) electrons. The summed E-state index contributed by atoms with van der Waals surface area (Å²) in [7, 11) is 0. The number of rotatable bonds is 18. The van der Waals surface area contributed by atoms with Crippen LogP contribution in [0.5, 0.6) is 0 Å². The molecule has 0 saturated heterocycles. The Morgan fingerprint density at radius 1 is 0.471 bits per heavy atom. The molecule has 2 aliphatic carbocycles. The first-order valence-electron chi connectivity index (χ1n) is 16.4. The standard InChI is InChI=1S/C34H66/c1-28(2)16-14-19-29(3)17-12-13-18-30(4)20-15-21-31(5)34(26-32-22-8-6-9-23-32)27-33-24-10-7-11-25-33/h28-34H,6-27H2,1-5H3. The van der Waals surface area contributed by atoms with Crippen molar-refractivity contribution in [2.45, 2.75) is 176 Å². The maximum absolute atomic E-state index is 2.64. The summed E-state index contributed by atoms with van der Waals surface area (Å²) in [6, 6.07) is 0. The van der Waals surface area contributed by atoms with Gasteiger partial charge in [-0.1, -0.05) is 163 Å². The highest BCUT2D eigenvalue weighted by Gasteiger charge is 2.26. The van der Waals surface area contributed by atoms with Gasteiger partial charge in [0.05, 0.1) is 0 Å². The zero-order valence-electron chi connectivity index (χ0n) is 24.6. The van der Waals surface area contributed by atoms with Crippen LogP contribution >= 0.6 is 0 Å². The Morgan fingerprint density at radius 3 is 1.32 bits per heavy atom. The average Bonchev–Trinajstić information content (AvgIpc) is 2.82. The van der Waals surface area contributed by atoms with Gasteiger partial charge in [0.1, 0.15) is 0 Å². The molecule has 0 aromatic heterocycles. The second-order valence-corrected chi connectivity index (χ2v) is 14.0. The van der Waals surface area contributed by atoms with Gasteiger partial charge < -0.3 is 0 Å². The molecule has 0 aromatic carbocycles. The molecule has 2 rings (SSSR count). The molecular weight excluding hydrogens is 408 g/mol. The zero-order valence-corrected chi connectivity index (χ0v) is 24.6. The van der Waals surface area contributed by atoms with E-state index in [1.54, 1.807) is 38.5 Å². The molecule has 0 heterocycles. The molecule has 0 N–H and O–H groups in total. The molecule has 0 amide bonds. The van der Waals surface area contributed by atoms with Crippen LogP contribution in [0.15, 0.2) is 0 Å². The molecule has 0 aliphatic heterocycles. The fourth-order valence-electron chi connectivity index (χ4n) is 7.44. The molecule has 0 aromatic rings. The predicted molar refractivity (Wildman–Crippen MR) is 154 cm³/mol. The van der Waals surface area contributed by atoms with Gasteiger partial charge in [-0.2, -0.15) is 0 Å². The first-order valence-corrected chi connectivity index (χ1v) is 16.4. The first kappa shape index (κ1) is 30.2. The van der Waals surface area contributed by atoms with Gasteiger partial charge in [-0.3, -0.25) is 0 Å². The van der Waals surface area contributed by atoms with Gasteiger partial charge in [0.2, 0.25) is 0 Å². The van der Waals surface area contributed by atoms with Gasteiger partial charge in [0, 0.05) is 0 Å². The van der Waals surface area contributed by atoms with E-state index >= 15 is 0 Å². The Labute approximate surface area is 217 Å². The largest absolute Gasteiger partial charge is 0.0628 e. The number of hydrogen-bond donors (Lipinski definition) is 0. The van der Waals surface area contributed by atoms with Crippen molar-refractivity contribution in [2.24, 2.45) is 41.4 Å². The molecule has 3 atom stereocenters. The maximum Gasteiger partial charge on any atom is -0.0383 e. The van der Waals surface area contributed by atoms with Crippen LogP contribution in [0.1, 0.15) is 176 Å². The van der Waals surface area contributed by atoms with Gasteiger partial charge in [0.15, 0.2) is 0 Å². The minimum absolute atomic E-state index is 0.880. The van der Waals surface area contributed by atoms with Gasteiger partial charge >= 0.3 is 0 Å². The fourth-order valence-corrected chi connectivity index (χ4v) is 7.44. The van der Waals surface area contributed by atoms with Crippen LogP contribution in [0.25, 0.3) is 0 Å². The average molecular weight is 475 g/mol. The van der Waals surface area contributed by atoms with Crippen LogP contribution < -0.4 is 0 Å². The lowest BCUT2D eigenvalue weighted by Gasteiger charge is -2.34. The quantitative estimate of drug-likeness (QED) is 0.173. The van der Waals surface area contributed by atoms with Gasteiger partial charge in [-0.15, -0.1) is 0 Å². The highest BCUT2D eigenvalue weighted by atomic mass is 14.3. The Bertz CT molecular complexity index is 433. The van der Waals surface area contributed by atoms with Crippen LogP contribution in [0.4, 0.5) is 0 Å². The molecule has 2 fully saturated rings. The van der Waals surface area contributed by atoms with Crippen LogP contribution in [-0.4, -0.2) is 0 Å². The normalized spacial score (nSPS) is 21.3. The van der Waals surface area contributed by atoms with Crippen molar-refractivity contribution in [1.29, 1.82) is 0 Å². The van der Waals surface area contributed by atoms with E-state index in [2.05, 4.69) is 34.6 Å². The SMILES string of the molecule is CC(C)CCCC(C)CCCCC(C)CCCC(C)C(CC1CCCCC1)CC1CCCCC1. The summed E-state index contributed by atoms with van der Waals surface area (Å²) in [4.78, 5) is 0. The summed E-state index contributed by atoms with van der Waals surface area (Å²) in [5.74, 6) is 6.89.